The molecule has 1 atom stereocenters. The van der Waals surface area contributed by atoms with E-state index in [0.717, 1.165) is 0 Å². The molecule has 7 nitrogen and oxygen atoms in total. The van der Waals surface area contributed by atoms with E-state index in [2.05, 4.69) is 10.6 Å². The number of rotatable bonds is 5. The third-order valence-electron chi connectivity index (χ3n) is 2.62. The second-order valence-electron chi connectivity index (χ2n) is 4.60. The third kappa shape index (κ3) is 4.27. The van der Waals surface area contributed by atoms with E-state index in [9.17, 15) is 14.4 Å². The molecule has 0 spiro atoms. The van der Waals surface area contributed by atoms with Crippen LogP contribution in [0.2, 0.25) is 0 Å². The van der Waals surface area contributed by atoms with Crippen molar-refractivity contribution in [3.63, 3.8) is 0 Å². The molecular formula is C13H17N3O4. The Labute approximate surface area is 116 Å². The molecule has 1 aromatic rings. The second-order valence-corrected chi connectivity index (χ2v) is 4.60. The highest BCUT2D eigenvalue weighted by atomic mass is 16.4. The first-order valence-corrected chi connectivity index (χ1v) is 6.01. The Morgan fingerprint density at radius 1 is 1.25 bits per heavy atom. The van der Waals surface area contributed by atoms with Crippen molar-refractivity contribution in [2.24, 2.45) is 11.7 Å². The van der Waals surface area contributed by atoms with E-state index in [1.165, 1.54) is 12.1 Å². The second kappa shape index (κ2) is 6.55. The van der Waals surface area contributed by atoms with Crippen LogP contribution in [-0.2, 0) is 4.79 Å². The number of benzene rings is 1. The number of nitrogens with one attached hydrogen (secondary N) is 2. The van der Waals surface area contributed by atoms with E-state index in [1.54, 1.807) is 26.0 Å². The van der Waals surface area contributed by atoms with Gasteiger partial charge in [0.2, 0.25) is 5.91 Å². The van der Waals surface area contributed by atoms with E-state index in [4.69, 9.17) is 10.8 Å². The molecule has 5 N–H and O–H groups in total. The number of carboxylic acids is 1. The van der Waals surface area contributed by atoms with Crippen molar-refractivity contribution in [2.45, 2.75) is 19.9 Å². The number of nitrogens with two attached hydrogens (primary N) is 1. The molecule has 0 unspecified atom stereocenters. The number of urea groups is 1. The minimum Gasteiger partial charge on any atom is -0.480 e. The van der Waals surface area contributed by atoms with Gasteiger partial charge in [-0.15, -0.1) is 0 Å². The molecule has 1 rings (SSSR count). The summed E-state index contributed by atoms with van der Waals surface area (Å²) in [6, 6.07) is 4.40. The smallest absolute Gasteiger partial charge is 0.326 e. The predicted molar refractivity (Wildman–Crippen MR) is 73.4 cm³/mol. The molecule has 108 valence electrons. The number of carbonyl (C=O) groups is 3. The van der Waals surface area contributed by atoms with Gasteiger partial charge < -0.3 is 21.5 Å². The molecule has 0 aromatic heterocycles. The maximum atomic E-state index is 11.7. The average Bonchev–Trinajstić information content (AvgIpc) is 2.35. The van der Waals surface area contributed by atoms with E-state index in [1.807, 2.05) is 0 Å². The molecule has 0 aliphatic rings. The monoisotopic (exact) mass is 279 g/mol. The van der Waals surface area contributed by atoms with Crippen molar-refractivity contribution in [1.29, 1.82) is 0 Å². The molecule has 0 aliphatic carbocycles. The van der Waals surface area contributed by atoms with Crippen molar-refractivity contribution in [1.82, 2.24) is 5.32 Å². The maximum absolute atomic E-state index is 11.7. The zero-order chi connectivity index (χ0) is 15.3. The normalized spacial score (nSPS) is 11.8. The van der Waals surface area contributed by atoms with Gasteiger partial charge in [0.05, 0.1) is 0 Å². The number of hydrogen-bond donors (Lipinski definition) is 4. The molecule has 0 aliphatic heterocycles. The largest absolute Gasteiger partial charge is 0.480 e. The Bertz CT molecular complexity index is 528. The quantitative estimate of drug-likeness (QED) is 0.642. The number of hydrogen-bond acceptors (Lipinski definition) is 3. The maximum Gasteiger partial charge on any atom is 0.326 e. The molecule has 0 fully saturated rings. The molecule has 3 amide bonds. The summed E-state index contributed by atoms with van der Waals surface area (Å²) >= 11 is 0. The van der Waals surface area contributed by atoms with Gasteiger partial charge in [0.25, 0.3) is 0 Å². The highest BCUT2D eigenvalue weighted by molar-refractivity contribution is 5.96. The summed E-state index contributed by atoms with van der Waals surface area (Å²) in [6.07, 6.45) is 0. The van der Waals surface area contributed by atoms with Gasteiger partial charge in [-0.2, -0.15) is 0 Å². The zero-order valence-corrected chi connectivity index (χ0v) is 11.2. The highest BCUT2D eigenvalue weighted by Gasteiger charge is 2.23. The van der Waals surface area contributed by atoms with E-state index in [-0.39, 0.29) is 11.5 Å². The molecule has 0 saturated heterocycles. The van der Waals surface area contributed by atoms with Crippen LogP contribution < -0.4 is 16.4 Å². The first-order valence-electron chi connectivity index (χ1n) is 6.01. The molecule has 0 saturated carbocycles. The van der Waals surface area contributed by atoms with Crippen molar-refractivity contribution in [3.8, 4) is 0 Å². The molecule has 1 aromatic carbocycles. The molecule has 0 bridgehead atoms. The number of anilines is 1. The van der Waals surface area contributed by atoms with Gasteiger partial charge in [-0.05, 0) is 24.1 Å². The number of primary amides is 1. The Morgan fingerprint density at radius 2 is 1.90 bits per heavy atom. The lowest BCUT2D eigenvalue weighted by Gasteiger charge is -2.18. The lowest BCUT2D eigenvalue weighted by Crippen LogP contribution is -2.46. The third-order valence-corrected chi connectivity index (χ3v) is 2.62. The van der Waals surface area contributed by atoms with Gasteiger partial charge in [-0.3, -0.25) is 4.79 Å². The fourth-order valence-corrected chi connectivity index (χ4v) is 1.57. The zero-order valence-electron chi connectivity index (χ0n) is 11.2. The van der Waals surface area contributed by atoms with Gasteiger partial charge in [0.15, 0.2) is 0 Å². The van der Waals surface area contributed by atoms with Crippen molar-refractivity contribution < 1.29 is 19.5 Å². The Kier molecular flexibility index (Phi) is 5.08. The molecule has 7 heteroatoms. The summed E-state index contributed by atoms with van der Waals surface area (Å²) in [5.41, 5.74) is 5.73. The van der Waals surface area contributed by atoms with Crippen LogP contribution in [-0.4, -0.2) is 29.1 Å². The molecule has 0 radical (unpaired) electrons. The van der Waals surface area contributed by atoms with Crippen LogP contribution in [0.5, 0.6) is 0 Å². The molecule has 20 heavy (non-hydrogen) atoms. The van der Waals surface area contributed by atoms with Gasteiger partial charge in [0, 0.05) is 11.3 Å². The summed E-state index contributed by atoms with van der Waals surface area (Å²) in [6.45, 7) is 3.37. The average molecular weight is 279 g/mol. The predicted octanol–water partition coefficient (Wildman–Crippen LogP) is 1.02. The van der Waals surface area contributed by atoms with Crippen LogP contribution >= 0.6 is 0 Å². The summed E-state index contributed by atoms with van der Waals surface area (Å²) in [7, 11) is 0. The summed E-state index contributed by atoms with van der Waals surface area (Å²) in [4.78, 5) is 33.7. The number of aliphatic carboxylic acids is 1. The van der Waals surface area contributed by atoms with Gasteiger partial charge >= 0.3 is 12.0 Å². The Morgan fingerprint density at radius 3 is 2.40 bits per heavy atom. The lowest BCUT2D eigenvalue weighted by atomic mass is 10.1. The fourth-order valence-electron chi connectivity index (χ4n) is 1.57. The first-order chi connectivity index (χ1) is 9.31. The fraction of sp³-hybridized carbons (Fsp3) is 0.308. The van der Waals surface area contributed by atoms with Crippen LogP contribution in [0.15, 0.2) is 24.3 Å². The number of carbonyl (C=O) groups excluding carboxylic acids is 2. The highest BCUT2D eigenvalue weighted by Crippen LogP contribution is 2.10. The van der Waals surface area contributed by atoms with Crippen LogP contribution in [0.3, 0.4) is 0 Å². The molecule has 0 heterocycles. The Balaban J connectivity index is 2.73. The van der Waals surface area contributed by atoms with Crippen LogP contribution in [0.1, 0.15) is 24.2 Å². The van der Waals surface area contributed by atoms with Gasteiger partial charge in [0.1, 0.15) is 6.04 Å². The van der Waals surface area contributed by atoms with E-state index in [0.29, 0.717) is 5.69 Å². The van der Waals surface area contributed by atoms with E-state index >= 15 is 0 Å². The summed E-state index contributed by atoms with van der Waals surface area (Å²) in [5.74, 6) is -1.98. The minimum atomic E-state index is -1.11. The first kappa shape index (κ1) is 15.5. The number of carboxylic acid groups (broad SMARTS) is 1. The topological polar surface area (TPSA) is 122 Å². The van der Waals surface area contributed by atoms with Crippen LogP contribution in [0, 0.1) is 5.92 Å². The van der Waals surface area contributed by atoms with Crippen molar-refractivity contribution in [3.05, 3.63) is 29.8 Å². The Hall–Kier alpha value is -2.57. The minimum absolute atomic E-state index is 0.251. The standard InChI is InChI=1S/C13H17N3O4/c1-7(2)10(12(18)19)16-13(20)15-9-5-3-4-8(6-9)11(14)17/h3-7,10H,1-2H3,(H2,14,17)(H,18,19)(H2,15,16,20)/t10-/m0/s1. The number of amides is 3. The van der Waals surface area contributed by atoms with Crippen molar-refractivity contribution >= 4 is 23.6 Å². The van der Waals surface area contributed by atoms with Crippen LogP contribution in [0.25, 0.3) is 0 Å². The summed E-state index contributed by atoms with van der Waals surface area (Å²) < 4.78 is 0. The summed E-state index contributed by atoms with van der Waals surface area (Å²) in [5, 5.41) is 13.8. The van der Waals surface area contributed by atoms with Gasteiger partial charge in [-0.1, -0.05) is 19.9 Å². The lowest BCUT2D eigenvalue weighted by molar-refractivity contribution is -0.140. The van der Waals surface area contributed by atoms with Crippen LogP contribution in [0.4, 0.5) is 10.5 Å². The molecular weight excluding hydrogens is 262 g/mol. The van der Waals surface area contributed by atoms with Gasteiger partial charge in [-0.25, -0.2) is 9.59 Å². The van der Waals surface area contributed by atoms with Crippen molar-refractivity contribution in [2.75, 3.05) is 5.32 Å². The van der Waals surface area contributed by atoms with E-state index < -0.39 is 23.9 Å². The SMILES string of the molecule is CC(C)[C@H](NC(=O)Nc1cccc(C(N)=O)c1)C(=O)O.